The molecule has 0 saturated carbocycles. The van der Waals surface area contributed by atoms with Gasteiger partial charge in [0.05, 0.1) is 30.1 Å². The fraction of sp³-hybridized carbons (Fsp3) is 0.474. The molecule has 26 heavy (non-hydrogen) atoms. The van der Waals surface area contributed by atoms with Crippen molar-refractivity contribution in [1.29, 1.82) is 0 Å². The quantitative estimate of drug-likeness (QED) is 0.651. The Labute approximate surface area is 153 Å². The molecule has 1 aliphatic rings. The minimum absolute atomic E-state index is 0.128. The molecule has 7 heteroatoms. The van der Waals surface area contributed by atoms with Gasteiger partial charge in [-0.05, 0) is 19.4 Å². The second-order valence-electron chi connectivity index (χ2n) is 6.68. The lowest BCUT2D eigenvalue weighted by molar-refractivity contribution is -0.132. The van der Waals surface area contributed by atoms with Crippen LogP contribution < -0.4 is 10.6 Å². The fourth-order valence-corrected chi connectivity index (χ4v) is 3.73. The van der Waals surface area contributed by atoms with Crippen LogP contribution >= 0.6 is 0 Å². The van der Waals surface area contributed by atoms with Crippen molar-refractivity contribution < 1.29 is 15.0 Å². The number of aliphatic hydroxyl groups excluding tert-OH is 1. The van der Waals surface area contributed by atoms with Gasteiger partial charge >= 0.3 is 0 Å². The number of rotatable bonds is 7. The van der Waals surface area contributed by atoms with Crippen molar-refractivity contribution in [2.24, 2.45) is 0 Å². The van der Waals surface area contributed by atoms with E-state index in [2.05, 4.69) is 12.0 Å². The Morgan fingerprint density at radius 3 is 2.65 bits per heavy atom. The molecule has 2 heterocycles. The lowest BCUT2D eigenvalue weighted by atomic mass is 9.87. The molecule has 0 fully saturated rings. The SMILES string of the molecule is CCCCCN1C(=O)C(O)(c2c(C)nn(CCO)c2N)c2ccccc21. The van der Waals surface area contributed by atoms with Crippen LogP contribution in [0.4, 0.5) is 11.5 Å². The van der Waals surface area contributed by atoms with Gasteiger partial charge in [0.2, 0.25) is 5.60 Å². The minimum atomic E-state index is -1.86. The smallest absolute Gasteiger partial charge is 0.268 e. The average molecular weight is 358 g/mol. The number of nitrogens with zero attached hydrogens (tertiary/aromatic N) is 3. The van der Waals surface area contributed by atoms with E-state index >= 15 is 0 Å². The van der Waals surface area contributed by atoms with Crippen molar-refractivity contribution in [3.05, 3.63) is 41.1 Å². The summed E-state index contributed by atoms with van der Waals surface area (Å²) in [6, 6.07) is 7.27. The third kappa shape index (κ3) is 2.68. The van der Waals surface area contributed by atoms with E-state index in [4.69, 9.17) is 5.73 Å². The molecule has 0 aliphatic carbocycles. The molecule has 1 atom stereocenters. The second kappa shape index (κ2) is 7.09. The van der Waals surface area contributed by atoms with E-state index in [0.29, 0.717) is 29.1 Å². The first-order valence-corrected chi connectivity index (χ1v) is 9.04. The van der Waals surface area contributed by atoms with Crippen LogP contribution in [-0.4, -0.2) is 39.1 Å². The predicted octanol–water partition coefficient (Wildman–Crippen LogP) is 1.54. The van der Waals surface area contributed by atoms with Gasteiger partial charge in [-0.25, -0.2) is 4.68 Å². The van der Waals surface area contributed by atoms with Gasteiger partial charge in [0, 0.05) is 12.1 Å². The largest absolute Gasteiger partial charge is 0.394 e. The molecule has 140 valence electrons. The number of amides is 1. The standard InChI is InChI=1S/C19H26N4O3/c1-3-4-7-10-22-15-9-6-5-8-14(15)19(26,18(22)25)16-13(2)21-23(11-12-24)17(16)20/h5-6,8-9,24,26H,3-4,7,10-12,20H2,1-2H3. The average Bonchev–Trinajstić information content (AvgIpc) is 3.02. The molecule has 1 aromatic heterocycles. The van der Waals surface area contributed by atoms with Crippen molar-refractivity contribution in [3.63, 3.8) is 0 Å². The van der Waals surface area contributed by atoms with Gasteiger partial charge in [0.15, 0.2) is 0 Å². The summed E-state index contributed by atoms with van der Waals surface area (Å²) in [5.74, 6) is -0.189. The molecule has 0 radical (unpaired) electrons. The summed E-state index contributed by atoms with van der Waals surface area (Å²) < 4.78 is 1.43. The van der Waals surface area contributed by atoms with E-state index in [1.165, 1.54) is 4.68 Å². The zero-order chi connectivity index (χ0) is 18.9. The highest BCUT2D eigenvalue weighted by molar-refractivity contribution is 6.09. The van der Waals surface area contributed by atoms with E-state index in [1.54, 1.807) is 24.0 Å². The Balaban J connectivity index is 2.11. The summed E-state index contributed by atoms with van der Waals surface area (Å²) in [6.07, 6.45) is 2.93. The Morgan fingerprint density at radius 1 is 1.23 bits per heavy atom. The van der Waals surface area contributed by atoms with Gasteiger partial charge in [-0.15, -0.1) is 0 Å². The number of nitrogens with two attached hydrogens (primary N) is 1. The van der Waals surface area contributed by atoms with Crippen molar-refractivity contribution >= 4 is 17.4 Å². The summed E-state index contributed by atoms with van der Waals surface area (Å²) in [6.45, 7) is 4.45. The second-order valence-corrected chi connectivity index (χ2v) is 6.68. The number of hydrogen-bond donors (Lipinski definition) is 3. The number of aryl methyl sites for hydroxylation is 1. The van der Waals surface area contributed by atoms with Crippen LogP contribution in [0.5, 0.6) is 0 Å². The highest BCUT2D eigenvalue weighted by Crippen LogP contribution is 2.47. The molecule has 1 unspecified atom stereocenters. The monoisotopic (exact) mass is 358 g/mol. The first-order valence-electron chi connectivity index (χ1n) is 9.04. The van der Waals surface area contributed by atoms with Crippen LogP contribution in [0.25, 0.3) is 0 Å². The Kier molecular flexibility index (Phi) is 5.02. The predicted molar refractivity (Wildman–Crippen MR) is 99.8 cm³/mol. The van der Waals surface area contributed by atoms with Crippen molar-refractivity contribution in [3.8, 4) is 0 Å². The summed E-state index contributed by atoms with van der Waals surface area (Å²) >= 11 is 0. The van der Waals surface area contributed by atoms with E-state index in [0.717, 1.165) is 19.3 Å². The van der Waals surface area contributed by atoms with Crippen LogP contribution in [-0.2, 0) is 16.9 Å². The highest BCUT2D eigenvalue weighted by atomic mass is 16.3. The molecule has 0 spiro atoms. The minimum Gasteiger partial charge on any atom is -0.394 e. The van der Waals surface area contributed by atoms with E-state index in [9.17, 15) is 15.0 Å². The van der Waals surface area contributed by atoms with E-state index in [-0.39, 0.29) is 19.0 Å². The number of hydrogen-bond acceptors (Lipinski definition) is 5. The molecule has 1 aliphatic heterocycles. The van der Waals surface area contributed by atoms with Crippen molar-refractivity contribution in [2.75, 3.05) is 23.8 Å². The zero-order valence-corrected chi connectivity index (χ0v) is 15.3. The summed E-state index contributed by atoms with van der Waals surface area (Å²) in [4.78, 5) is 14.9. The van der Waals surface area contributed by atoms with Crippen LogP contribution in [0.3, 0.4) is 0 Å². The summed E-state index contributed by atoms with van der Waals surface area (Å²) in [5, 5.41) is 25.1. The lowest BCUT2D eigenvalue weighted by Crippen LogP contribution is -2.42. The van der Waals surface area contributed by atoms with Gasteiger partial charge in [-0.1, -0.05) is 38.0 Å². The van der Waals surface area contributed by atoms with Crippen LogP contribution in [0.15, 0.2) is 24.3 Å². The highest BCUT2D eigenvalue weighted by Gasteiger charge is 2.53. The molecule has 0 saturated heterocycles. The maximum atomic E-state index is 13.3. The number of para-hydroxylation sites is 1. The van der Waals surface area contributed by atoms with Crippen LogP contribution in [0.2, 0.25) is 0 Å². The maximum Gasteiger partial charge on any atom is 0.268 e. The third-order valence-corrected chi connectivity index (χ3v) is 4.96. The van der Waals surface area contributed by atoms with Gasteiger partial charge in [-0.3, -0.25) is 4.79 Å². The number of nitrogen functional groups attached to an aromatic ring is 1. The number of unbranched alkanes of at least 4 members (excludes halogenated alkanes) is 2. The number of carbonyl (C=O) groups excluding carboxylic acids is 1. The number of carbonyl (C=O) groups is 1. The molecule has 0 bridgehead atoms. The molecular formula is C19H26N4O3. The molecule has 2 aromatic rings. The van der Waals surface area contributed by atoms with E-state index < -0.39 is 11.5 Å². The van der Waals surface area contributed by atoms with Crippen molar-refractivity contribution in [1.82, 2.24) is 9.78 Å². The Bertz CT molecular complexity index is 817. The Hall–Kier alpha value is -2.38. The number of benzene rings is 1. The summed E-state index contributed by atoms with van der Waals surface area (Å²) in [7, 11) is 0. The molecule has 1 aromatic carbocycles. The molecule has 3 rings (SSSR count). The molecule has 1 amide bonds. The van der Waals surface area contributed by atoms with Crippen molar-refractivity contribution in [2.45, 2.75) is 45.3 Å². The first kappa shape index (κ1) is 18.4. The van der Waals surface area contributed by atoms with Crippen LogP contribution in [0, 0.1) is 6.92 Å². The zero-order valence-electron chi connectivity index (χ0n) is 15.3. The fourth-order valence-electron chi connectivity index (χ4n) is 3.73. The molecular weight excluding hydrogens is 332 g/mol. The number of aliphatic hydroxyl groups is 2. The third-order valence-electron chi connectivity index (χ3n) is 4.96. The van der Waals surface area contributed by atoms with Crippen LogP contribution in [0.1, 0.15) is 43.0 Å². The number of fused-ring (bicyclic) bond motifs is 1. The topological polar surface area (TPSA) is 105 Å². The number of anilines is 2. The van der Waals surface area contributed by atoms with Gasteiger partial charge in [0.1, 0.15) is 5.82 Å². The molecule has 4 N–H and O–H groups in total. The van der Waals surface area contributed by atoms with Gasteiger partial charge < -0.3 is 20.8 Å². The molecule has 7 nitrogen and oxygen atoms in total. The summed E-state index contributed by atoms with van der Waals surface area (Å²) in [5.41, 5.74) is 6.37. The van der Waals surface area contributed by atoms with Gasteiger partial charge in [0.25, 0.3) is 5.91 Å². The van der Waals surface area contributed by atoms with E-state index in [1.807, 2.05) is 12.1 Å². The normalized spacial score (nSPS) is 19.2. The lowest BCUT2D eigenvalue weighted by Gasteiger charge is -2.24. The van der Waals surface area contributed by atoms with Gasteiger partial charge in [-0.2, -0.15) is 5.10 Å². The first-order chi connectivity index (χ1) is 12.5. The Morgan fingerprint density at radius 2 is 1.96 bits per heavy atom. The number of aromatic nitrogens is 2. The maximum absolute atomic E-state index is 13.3.